The van der Waals surface area contributed by atoms with Gasteiger partial charge in [-0.05, 0) is 103 Å². The van der Waals surface area contributed by atoms with E-state index < -0.39 is 29.8 Å². The minimum absolute atomic E-state index is 0.104. The van der Waals surface area contributed by atoms with Gasteiger partial charge in [-0.25, -0.2) is 0 Å². The zero-order valence-electron chi connectivity index (χ0n) is 28.5. The van der Waals surface area contributed by atoms with Crippen LogP contribution in [0.3, 0.4) is 0 Å². The number of carbonyl (C=O) groups excluding carboxylic acids is 4. The van der Waals surface area contributed by atoms with Gasteiger partial charge in [-0.1, -0.05) is 42.5 Å². The molecular formula is C41H41N5O5. The Labute approximate surface area is 297 Å². The zero-order chi connectivity index (χ0) is 35.0. The van der Waals surface area contributed by atoms with Crippen molar-refractivity contribution in [3.63, 3.8) is 0 Å². The first-order chi connectivity index (χ1) is 24.9. The van der Waals surface area contributed by atoms with Crippen molar-refractivity contribution in [2.24, 2.45) is 11.8 Å². The highest BCUT2D eigenvalue weighted by atomic mass is 16.5. The second-order valence-corrected chi connectivity index (χ2v) is 14.2. The fourth-order valence-corrected chi connectivity index (χ4v) is 8.54. The highest BCUT2D eigenvalue weighted by Gasteiger charge is 2.53. The Morgan fingerprint density at radius 2 is 1.51 bits per heavy atom. The Hall–Kier alpha value is -5.35. The number of nitrogens with zero attached hydrogens (tertiary/aromatic N) is 4. The molecule has 1 saturated heterocycles. The second kappa shape index (κ2) is 13.8. The van der Waals surface area contributed by atoms with Gasteiger partial charge < -0.3 is 19.9 Å². The Kier molecular flexibility index (Phi) is 8.85. The number of rotatable bonds is 8. The number of hydrogen-bond acceptors (Lipinski definition) is 7. The number of carbonyl (C=O) groups is 4. The molecule has 1 aromatic heterocycles. The fraction of sp³-hybridized carbons (Fsp3) is 0.341. The number of morpholine rings is 1. The van der Waals surface area contributed by atoms with E-state index in [-0.39, 0.29) is 29.5 Å². The van der Waals surface area contributed by atoms with Gasteiger partial charge in [0.05, 0.1) is 24.3 Å². The lowest BCUT2D eigenvalue weighted by Gasteiger charge is -2.51. The van der Waals surface area contributed by atoms with Crippen LogP contribution in [0.2, 0.25) is 0 Å². The lowest BCUT2D eigenvalue weighted by atomic mass is 9.62. The van der Waals surface area contributed by atoms with E-state index in [2.05, 4.69) is 39.5 Å². The minimum atomic E-state index is -1.25. The van der Waals surface area contributed by atoms with Crippen molar-refractivity contribution in [2.75, 3.05) is 43.1 Å². The van der Waals surface area contributed by atoms with Crippen molar-refractivity contribution < 1.29 is 23.9 Å². The molecule has 4 amide bonds. The minimum Gasteiger partial charge on any atom is -0.378 e. The molecule has 4 aliphatic rings. The molecule has 0 bridgehead atoms. The van der Waals surface area contributed by atoms with Gasteiger partial charge in [0.15, 0.2) is 0 Å². The summed E-state index contributed by atoms with van der Waals surface area (Å²) >= 11 is 0. The molecule has 51 heavy (non-hydrogen) atoms. The van der Waals surface area contributed by atoms with E-state index in [1.807, 2.05) is 30.3 Å². The summed E-state index contributed by atoms with van der Waals surface area (Å²) in [6.45, 7) is 2.60. The second-order valence-electron chi connectivity index (χ2n) is 14.2. The molecule has 2 aliphatic heterocycles. The predicted octanol–water partition coefficient (Wildman–Crippen LogP) is 5.14. The van der Waals surface area contributed by atoms with Crippen molar-refractivity contribution in [3.05, 3.63) is 125 Å². The molecule has 0 unspecified atom stereocenters. The molecular weight excluding hydrogens is 642 g/mol. The summed E-state index contributed by atoms with van der Waals surface area (Å²) in [6.07, 6.45) is 6.78. The molecule has 0 radical (unpaired) electrons. The number of amides is 4. The molecule has 260 valence electrons. The van der Waals surface area contributed by atoms with Gasteiger partial charge in [0, 0.05) is 43.4 Å². The monoisotopic (exact) mass is 683 g/mol. The van der Waals surface area contributed by atoms with Gasteiger partial charge >= 0.3 is 0 Å². The van der Waals surface area contributed by atoms with Crippen LogP contribution in [0, 0.1) is 11.8 Å². The lowest BCUT2D eigenvalue weighted by Crippen LogP contribution is -2.63. The Balaban J connectivity index is 1.14. The number of nitrogens with one attached hydrogen (secondary N) is 1. The molecule has 1 saturated carbocycles. The average Bonchev–Trinajstić information content (AvgIpc) is 3.41. The third kappa shape index (κ3) is 6.29. The molecule has 1 N–H and O–H groups in total. The summed E-state index contributed by atoms with van der Waals surface area (Å²) in [7, 11) is 0. The zero-order valence-corrected chi connectivity index (χ0v) is 28.5. The van der Waals surface area contributed by atoms with E-state index in [0.717, 1.165) is 48.5 Å². The number of imide groups is 1. The number of benzene rings is 3. The maximum atomic E-state index is 15.0. The van der Waals surface area contributed by atoms with Crippen LogP contribution < -0.4 is 10.2 Å². The number of ether oxygens (including phenoxy) is 1. The topological polar surface area (TPSA) is 112 Å². The first-order valence-electron chi connectivity index (χ1n) is 17.9. The molecule has 3 aromatic carbocycles. The van der Waals surface area contributed by atoms with E-state index >= 15 is 0 Å². The molecule has 2 fully saturated rings. The Morgan fingerprint density at radius 3 is 2.18 bits per heavy atom. The number of pyridine rings is 1. The van der Waals surface area contributed by atoms with Gasteiger partial charge in [0.25, 0.3) is 11.8 Å². The van der Waals surface area contributed by atoms with Crippen LogP contribution in [0.5, 0.6) is 0 Å². The molecule has 0 spiro atoms. The van der Waals surface area contributed by atoms with E-state index in [0.29, 0.717) is 37.7 Å². The number of hydrogen-bond donors (Lipinski definition) is 1. The Morgan fingerprint density at radius 1 is 0.843 bits per heavy atom. The summed E-state index contributed by atoms with van der Waals surface area (Å²) in [5.41, 5.74) is 4.40. The molecule has 4 aromatic rings. The summed E-state index contributed by atoms with van der Waals surface area (Å²) in [4.78, 5) is 65.8. The maximum Gasteiger partial charge on any atom is 0.262 e. The normalized spacial score (nSPS) is 22.5. The van der Waals surface area contributed by atoms with Crippen LogP contribution in [0.4, 0.5) is 11.4 Å². The SMILES string of the molecule is O=C1c2ccccc2C(=O)N1CC(=O)N(Cc1cccnc1)[C@]1(C(=O)Nc2ccc(N3CCOCC3)cc2)CC[C@@H]2Cc3ccccc3C[C@@H]2C1. The number of aromatic nitrogens is 1. The summed E-state index contributed by atoms with van der Waals surface area (Å²) in [6, 6.07) is 26.6. The van der Waals surface area contributed by atoms with Crippen LogP contribution in [0.25, 0.3) is 0 Å². The van der Waals surface area contributed by atoms with E-state index in [4.69, 9.17) is 4.74 Å². The van der Waals surface area contributed by atoms with Crippen LogP contribution >= 0.6 is 0 Å². The van der Waals surface area contributed by atoms with Crippen molar-refractivity contribution >= 4 is 35.0 Å². The molecule has 8 rings (SSSR count). The highest BCUT2D eigenvalue weighted by Crippen LogP contribution is 2.47. The lowest BCUT2D eigenvalue weighted by molar-refractivity contribution is -0.151. The highest BCUT2D eigenvalue weighted by molar-refractivity contribution is 6.22. The van der Waals surface area contributed by atoms with Crippen LogP contribution in [-0.2, 0) is 33.7 Å². The van der Waals surface area contributed by atoms with Crippen LogP contribution in [-0.4, -0.2) is 76.8 Å². The number of fused-ring (bicyclic) bond motifs is 3. The van der Waals surface area contributed by atoms with E-state index in [1.54, 1.807) is 47.6 Å². The first kappa shape index (κ1) is 32.8. The third-order valence-corrected chi connectivity index (χ3v) is 11.3. The summed E-state index contributed by atoms with van der Waals surface area (Å²) in [5.74, 6) is -1.19. The Bertz CT molecular complexity index is 1930. The molecule has 2 aliphatic carbocycles. The standard InChI is InChI=1S/C41H41N5O5/c47-37(27-45-38(48)35-9-3-4-10-36(35)39(45)49)46(26-28-6-5-17-42-25-28)41(16-15-31-22-29-7-1-2-8-30(29)23-32(31)24-41)40(50)43-33-11-13-34(14-12-33)44-18-20-51-21-19-44/h1-14,17,25,31-32H,15-16,18-24,26-27H2,(H,43,50)/t31-,32-,41-/m1/s1. The van der Waals surface area contributed by atoms with Gasteiger partial charge in [0.1, 0.15) is 12.1 Å². The van der Waals surface area contributed by atoms with Crippen molar-refractivity contribution in [1.29, 1.82) is 0 Å². The predicted molar refractivity (Wildman–Crippen MR) is 192 cm³/mol. The van der Waals surface area contributed by atoms with Crippen molar-refractivity contribution in [3.8, 4) is 0 Å². The first-order valence-corrected chi connectivity index (χ1v) is 17.9. The quantitative estimate of drug-likeness (QED) is 0.256. The maximum absolute atomic E-state index is 15.0. The van der Waals surface area contributed by atoms with E-state index in [1.165, 1.54) is 11.1 Å². The summed E-state index contributed by atoms with van der Waals surface area (Å²) < 4.78 is 5.51. The summed E-state index contributed by atoms with van der Waals surface area (Å²) in [5, 5.41) is 3.20. The smallest absolute Gasteiger partial charge is 0.262 e. The fourth-order valence-electron chi connectivity index (χ4n) is 8.54. The molecule has 3 atom stereocenters. The van der Waals surface area contributed by atoms with E-state index in [9.17, 15) is 19.2 Å². The van der Waals surface area contributed by atoms with Crippen molar-refractivity contribution in [1.82, 2.24) is 14.8 Å². The molecule has 10 heteroatoms. The number of anilines is 2. The van der Waals surface area contributed by atoms with Gasteiger partial charge in [-0.15, -0.1) is 0 Å². The largest absolute Gasteiger partial charge is 0.378 e. The molecule has 10 nitrogen and oxygen atoms in total. The van der Waals surface area contributed by atoms with Crippen LogP contribution in [0.1, 0.15) is 56.7 Å². The third-order valence-electron chi connectivity index (χ3n) is 11.3. The van der Waals surface area contributed by atoms with Crippen LogP contribution in [0.15, 0.2) is 97.3 Å². The molecule has 3 heterocycles. The van der Waals surface area contributed by atoms with Gasteiger partial charge in [-0.3, -0.25) is 29.1 Å². The van der Waals surface area contributed by atoms with Gasteiger partial charge in [0.2, 0.25) is 11.8 Å². The van der Waals surface area contributed by atoms with Gasteiger partial charge in [-0.2, -0.15) is 0 Å². The van der Waals surface area contributed by atoms with Crippen molar-refractivity contribution in [2.45, 2.75) is 44.2 Å². The average molecular weight is 684 g/mol.